The molecule has 21 heavy (non-hydrogen) atoms. The fourth-order valence-electron chi connectivity index (χ4n) is 2.33. The van der Waals surface area contributed by atoms with E-state index < -0.39 is 15.8 Å². The largest absolute Gasteiger partial charge is 0.274 e. The van der Waals surface area contributed by atoms with Gasteiger partial charge >= 0.3 is 0 Å². The van der Waals surface area contributed by atoms with Crippen molar-refractivity contribution in [2.24, 2.45) is 4.99 Å². The van der Waals surface area contributed by atoms with Crippen molar-refractivity contribution in [3.05, 3.63) is 54.3 Å². The van der Waals surface area contributed by atoms with Gasteiger partial charge in [-0.2, -0.15) is 0 Å². The van der Waals surface area contributed by atoms with Crippen LogP contribution in [0.4, 0.5) is 15.8 Å². The molecule has 0 fully saturated rings. The summed E-state index contributed by atoms with van der Waals surface area (Å²) >= 11 is 0. The maximum Gasteiger partial charge on any atom is 0.274 e. The summed E-state index contributed by atoms with van der Waals surface area (Å²) in [6.45, 7) is 1.81. The Bertz CT molecular complexity index is 817. The minimum atomic E-state index is -4.00. The van der Waals surface area contributed by atoms with E-state index in [1.165, 1.54) is 12.1 Å². The Hall–Kier alpha value is -2.21. The van der Waals surface area contributed by atoms with Crippen LogP contribution in [0.15, 0.2) is 58.4 Å². The van der Waals surface area contributed by atoms with Gasteiger partial charge in [0.2, 0.25) is 0 Å². The van der Waals surface area contributed by atoms with Gasteiger partial charge in [-0.25, -0.2) is 22.1 Å². The molecular weight excluding hydrogens is 291 g/mol. The van der Waals surface area contributed by atoms with Crippen LogP contribution in [0.25, 0.3) is 0 Å². The van der Waals surface area contributed by atoms with E-state index in [0.717, 1.165) is 10.4 Å². The number of benzene rings is 2. The molecule has 0 radical (unpaired) electrons. The maximum absolute atomic E-state index is 14.0. The van der Waals surface area contributed by atoms with Gasteiger partial charge in [0.15, 0.2) is 0 Å². The first kappa shape index (κ1) is 13.8. The van der Waals surface area contributed by atoms with E-state index in [1.807, 2.05) is 6.92 Å². The molecule has 108 valence electrons. The maximum atomic E-state index is 14.0. The van der Waals surface area contributed by atoms with Gasteiger partial charge in [0, 0.05) is 6.42 Å². The Morgan fingerprint density at radius 3 is 2.48 bits per heavy atom. The highest BCUT2D eigenvalue weighted by molar-refractivity contribution is 7.93. The zero-order valence-corrected chi connectivity index (χ0v) is 12.1. The number of anilines is 1. The molecular formula is C15H13FN2O2S. The third-order valence-electron chi connectivity index (χ3n) is 3.24. The molecule has 4 nitrogen and oxygen atoms in total. The van der Waals surface area contributed by atoms with Crippen molar-refractivity contribution in [3.63, 3.8) is 0 Å². The Labute approximate surface area is 122 Å². The highest BCUT2D eigenvalue weighted by Gasteiger charge is 2.36. The molecule has 0 atom stereocenters. The number of fused-ring (bicyclic) bond motifs is 1. The average molecular weight is 304 g/mol. The summed E-state index contributed by atoms with van der Waals surface area (Å²) in [4.78, 5) is 3.93. The van der Waals surface area contributed by atoms with Gasteiger partial charge in [-0.15, -0.1) is 0 Å². The van der Waals surface area contributed by atoms with Crippen LogP contribution in [0, 0.1) is 5.82 Å². The molecule has 0 N–H and O–H groups in total. The Kier molecular flexibility index (Phi) is 3.25. The van der Waals surface area contributed by atoms with Crippen LogP contribution < -0.4 is 4.31 Å². The normalized spacial score (nSPS) is 16.3. The molecule has 6 heteroatoms. The third-order valence-corrected chi connectivity index (χ3v) is 5.06. The van der Waals surface area contributed by atoms with Crippen molar-refractivity contribution < 1.29 is 12.8 Å². The summed E-state index contributed by atoms with van der Waals surface area (Å²) in [6.07, 6.45) is 0.421. The highest BCUT2D eigenvalue weighted by atomic mass is 32.2. The Balaban J connectivity index is 2.31. The minimum Gasteiger partial charge on any atom is -0.233 e. The summed E-state index contributed by atoms with van der Waals surface area (Å²) in [6, 6.07) is 12.7. The summed E-state index contributed by atoms with van der Waals surface area (Å²) in [5.41, 5.74) is 0.603. The zero-order chi connectivity index (χ0) is 15.0. The Morgan fingerprint density at radius 2 is 1.81 bits per heavy atom. The standard InChI is InChI=1S/C15H13FN2O2S/c1-2-14-17-13-10-6-9-12(16)15(13)21(19,20)18(14)11-7-4-3-5-8-11/h3-10H,2H2,1H3. The Morgan fingerprint density at radius 1 is 1.10 bits per heavy atom. The smallest absolute Gasteiger partial charge is 0.233 e. The summed E-state index contributed by atoms with van der Waals surface area (Å²) in [7, 11) is -4.00. The monoisotopic (exact) mass is 304 g/mol. The number of halogens is 1. The molecule has 2 aromatic carbocycles. The van der Waals surface area contributed by atoms with Crippen molar-refractivity contribution >= 4 is 27.2 Å². The summed E-state index contributed by atoms with van der Waals surface area (Å²) in [5.74, 6) is -0.411. The van der Waals surface area contributed by atoms with Gasteiger partial charge in [0.1, 0.15) is 16.5 Å². The second-order valence-electron chi connectivity index (χ2n) is 4.57. The number of nitrogens with zero attached hydrogens (tertiary/aromatic N) is 2. The fraction of sp³-hybridized carbons (Fsp3) is 0.133. The van der Waals surface area contributed by atoms with Crippen molar-refractivity contribution in [1.82, 2.24) is 0 Å². The van der Waals surface area contributed by atoms with Gasteiger partial charge in [0.05, 0.1) is 11.4 Å². The summed E-state index contributed by atoms with van der Waals surface area (Å²) in [5, 5.41) is 0. The number of hydrogen-bond donors (Lipinski definition) is 0. The van der Waals surface area contributed by atoms with Crippen LogP contribution in [0.3, 0.4) is 0 Å². The van der Waals surface area contributed by atoms with E-state index in [4.69, 9.17) is 0 Å². The highest BCUT2D eigenvalue weighted by Crippen LogP contribution is 2.37. The van der Waals surface area contributed by atoms with Crippen LogP contribution in [-0.2, 0) is 10.0 Å². The van der Waals surface area contributed by atoms with E-state index in [2.05, 4.69) is 4.99 Å². The van der Waals surface area contributed by atoms with Crippen LogP contribution in [0.2, 0.25) is 0 Å². The van der Waals surface area contributed by atoms with Crippen molar-refractivity contribution in [2.45, 2.75) is 18.2 Å². The van der Waals surface area contributed by atoms with Crippen molar-refractivity contribution in [1.29, 1.82) is 0 Å². The lowest BCUT2D eigenvalue weighted by Crippen LogP contribution is -2.39. The van der Waals surface area contributed by atoms with Gasteiger partial charge in [-0.3, -0.25) is 0 Å². The molecule has 0 saturated heterocycles. The van der Waals surface area contributed by atoms with E-state index >= 15 is 0 Å². The summed E-state index contributed by atoms with van der Waals surface area (Å²) < 4.78 is 40.7. The van der Waals surface area contributed by atoms with Gasteiger partial charge in [-0.05, 0) is 24.3 Å². The van der Waals surface area contributed by atoms with Crippen LogP contribution in [0.1, 0.15) is 13.3 Å². The number of hydrogen-bond acceptors (Lipinski definition) is 3. The van der Waals surface area contributed by atoms with Crippen molar-refractivity contribution in [3.8, 4) is 0 Å². The molecule has 0 saturated carbocycles. The molecule has 1 aliphatic rings. The predicted molar refractivity (Wildman–Crippen MR) is 79.9 cm³/mol. The molecule has 2 aromatic rings. The molecule has 0 spiro atoms. The predicted octanol–water partition coefficient (Wildman–Crippen LogP) is 3.47. The second-order valence-corrected chi connectivity index (χ2v) is 6.30. The molecule has 0 bridgehead atoms. The molecule has 0 aliphatic carbocycles. The first-order valence-electron chi connectivity index (χ1n) is 6.52. The lowest BCUT2D eigenvalue weighted by Gasteiger charge is -2.29. The van der Waals surface area contributed by atoms with Gasteiger partial charge in [0.25, 0.3) is 10.0 Å². The number of para-hydroxylation sites is 1. The van der Waals surface area contributed by atoms with Crippen LogP contribution in [-0.4, -0.2) is 14.3 Å². The molecule has 0 aromatic heterocycles. The number of aliphatic imine (C=N–C) groups is 1. The number of sulfonamides is 1. The minimum absolute atomic E-state index is 0.152. The van der Waals surface area contributed by atoms with E-state index in [1.54, 1.807) is 30.3 Å². The van der Waals surface area contributed by atoms with Crippen molar-refractivity contribution in [2.75, 3.05) is 4.31 Å². The molecule has 3 rings (SSSR count). The van der Waals surface area contributed by atoms with Crippen LogP contribution in [0.5, 0.6) is 0 Å². The van der Waals surface area contributed by atoms with E-state index in [9.17, 15) is 12.8 Å². The molecule has 0 amide bonds. The van der Waals surface area contributed by atoms with E-state index in [0.29, 0.717) is 17.9 Å². The molecule has 1 heterocycles. The average Bonchev–Trinajstić information content (AvgIpc) is 2.46. The second kappa shape index (κ2) is 4.96. The number of amidine groups is 1. The third kappa shape index (κ3) is 2.12. The first-order valence-corrected chi connectivity index (χ1v) is 7.96. The SMILES string of the molecule is CCC1=Nc2cccc(F)c2S(=O)(=O)N1c1ccccc1. The lowest BCUT2D eigenvalue weighted by atomic mass is 10.3. The quantitative estimate of drug-likeness (QED) is 0.853. The molecule has 0 unspecified atom stereocenters. The lowest BCUT2D eigenvalue weighted by molar-refractivity contribution is 0.567. The topological polar surface area (TPSA) is 49.7 Å². The first-order chi connectivity index (χ1) is 10.1. The molecule has 1 aliphatic heterocycles. The van der Waals surface area contributed by atoms with Gasteiger partial charge in [-0.1, -0.05) is 31.2 Å². The number of rotatable bonds is 2. The fourth-order valence-corrected chi connectivity index (χ4v) is 4.05. The van der Waals surface area contributed by atoms with E-state index in [-0.39, 0.29) is 10.6 Å². The van der Waals surface area contributed by atoms with Gasteiger partial charge < -0.3 is 0 Å². The van der Waals surface area contributed by atoms with Crippen LogP contribution >= 0.6 is 0 Å². The zero-order valence-electron chi connectivity index (χ0n) is 11.3.